The summed E-state index contributed by atoms with van der Waals surface area (Å²) in [5.41, 5.74) is 5.74. The number of rotatable bonds is 6. The average Bonchev–Trinajstić information content (AvgIpc) is 2.28. The molecule has 0 saturated carbocycles. The summed E-state index contributed by atoms with van der Waals surface area (Å²) in [7, 11) is -3.48. The molecule has 0 saturated heterocycles. The number of non-ortho nitro benzene ring substituents is 1. The maximum absolute atomic E-state index is 11.7. The van der Waals surface area contributed by atoms with Crippen LogP contribution >= 0.6 is 0 Å². The Balaban J connectivity index is 2.75. The van der Waals surface area contributed by atoms with Gasteiger partial charge in [-0.3, -0.25) is 10.1 Å². The molecule has 0 radical (unpaired) electrons. The van der Waals surface area contributed by atoms with Gasteiger partial charge in [0.15, 0.2) is 0 Å². The molecule has 18 heavy (non-hydrogen) atoms. The van der Waals surface area contributed by atoms with Gasteiger partial charge in [0, 0.05) is 24.7 Å². The number of benzene rings is 1. The standard InChI is InChI=1S/C10H15N3O4S/c1-8(6-11)12-18(16,17)7-9-2-4-10(5-3-9)13(14)15/h2-5,8,12H,6-7,11H2,1H3. The maximum atomic E-state index is 11.7. The molecule has 0 aromatic heterocycles. The van der Waals surface area contributed by atoms with Crippen LogP contribution in [-0.2, 0) is 15.8 Å². The highest BCUT2D eigenvalue weighted by Gasteiger charge is 2.15. The number of nitro benzene ring substituents is 1. The lowest BCUT2D eigenvalue weighted by Crippen LogP contribution is -2.38. The van der Waals surface area contributed by atoms with Crippen LogP contribution in [0, 0.1) is 10.1 Å². The first kappa shape index (κ1) is 14.6. The van der Waals surface area contributed by atoms with Gasteiger partial charge >= 0.3 is 0 Å². The number of nitrogens with one attached hydrogen (secondary N) is 1. The number of nitrogens with zero attached hydrogens (tertiary/aromatic N) is 1. The molecule has 8 heteroatoms. The van der Waals surface area contributed by atoms with Gasteiger partial charge in [0.2, 0.25) is 10.0 Å². The van der Waals surface area contributed by atoms with E-state index in [2.05, 4.69) is 4.72 Å². The Kier molecular flexibility index (Phi) is 4.76. The van der Waals surface area contributed by atoms with E-state index in [0.29, 0.717) is 5.56 Å². The van der Waals surface area contributed by atoms with Crippen molar-refractivity contribution in [3.8, 4) is 0 Å². The van der Waals surface area contributed by atoms with Crippen LogP contribution in [-0.4, -0.2) is 25.9 Å². The predicted octanol–water partition coefficient (Wildman–Crippen LogP) is 0.361. The predicted molar refractivity (Wildman–Crippen MR) is 67.4 cm³/mol. The third-order valence-electron chi connectivity index (χ3n) is 2.24. The molecule has 0 amide bonds. The summed E-state index contributed by atoms with van der Waals surface area (Å²) in [5, 5.41) is 10.4. The average molecular weight is 273 g/mol. The lowest BCUT2D eigenvalue weighted by atomic mass is 10.2. The third-order valence-corrected chi connectivity index (χ3v) is 3.71. The van der Waals surface area contributed by atoms with Gasteiger partial charge in [0.25, 0.3) is 5.69 Å². The van der Waals surface area contributed by atoms with Gasteiger partial charge in [-0.25, -0.2) is 13.1 Å². The highest BCUT2D eigenvalue weighted by molar-refractivity contribution is 7.88. The molecule has 100 valence electrons. The van der Waals surface area contributed by atoms with Crippen LogP contribution in [0.1, 0.15) is 12.5 Å². The molecule has 0 aliphatic carbocycles. The quantitative estimate of drug-likeness (QED) is 0.573. The monoisotopic (exact) mass is 273 g/mol. The highest BCUT2D eigenvalue weighted by Crippen LogP contribution is 2.13. The highest BCUT2D eigenvalue weighted by atomic mass is 32.2. The summed E-state index contributed by atoms with van der Waals surface area (Å²) in [6.07, 6.45) is 0. The summed E-state index contributed by atoms with van der Waals surface area (Å²) in [6, 6.07) is 5.05. The smallest absolute Gasteiger partial charge is 0.269 e. The minimum Gasteiger partial charge on any atom is -0.329 e. The third kappa shape index (κ3) is 4.40. The van der Waals surface area contributed by atoms with E-state index in [4.69, 9.17) is 5.73 Å². The van der Waals surface area contributed by atoms with Crippen LogP contribution < -0.4 is 10.5 Å². The zero-order valence-electron chi connectivity index (χ0n) is 9.87. The maximum Gasteiger partial charge on any atom is 0.269 e. The zero-order chi connectivity index (χ0) is 13.8. The van der Waals surface area contributed by atoms with Gasteiger partial charge in [-0.15, -0.1) is 0 Å². The Hall–Kier alpha value is -1.51. The Morgan fingerprint density at radius 2 is 1.94 bits per heavy atom. The van der Waals surface area contributed by atoms with Crippen LogP contribution in [0.2, 0.25) is 0 Å². The van der Waals surface area contributed by atoms with Gasteiger partial charge in [0.1, 0.15) is 0 Å². The molecule has 1 unspecified atom stereocenters. The largest absolute Gasteiger partial charge is 0.329 e. The van der Waals surface area contributed by atoms with Crippen LogP contribution in [0.5, 0.6) is 0 Å². The summed E-state index contributed by atoms with van der Waals surface area (Å²) in [6.45, 7) is 1.87. The summed E-state index contributed by atoms with van der Waals surface area (Å²) in [5.74, 6) is -0.227. The minimum absolute atomic E-state index is 0.0700. The first-order chi connectivity index (χ1) is 8.34. The normalized spacial score (nSPS) is 13.2. The van der Waals surface area contributed by atoms with Crippen molar-refractivity contribution in [1.29, 1.82) is 0 Å². The SMILES string of the molecule is CC(CN)NS(=O)(=O)Cc1ccc([N+](=O)[O-])cc1. The molecule has 0 heterocycles. The van der Waals surface area contributed by atoms with Crippen molar-refractivity contribution in [2.75, 3.05) is 6.54 Å². The number of nitrogens with two attached hydrogens (primary N) is 1. The summed E-state index contributed by atoms with van der Waals surface area (Å²) < 4.78 is 25.8. The van der Waals surface area contributed by atoms with E-state index in [0.717, 1.165) is 0 Å². The first-order valence-corrected chi connectivity index (χ1v) is 6.92. The van der Waals surface area contributed by atoms with E-state index < -0.39 is 14.9 Å². The molecular formula is C10H15N3O4S. The molecule has 1 aromatic rings. The second-order valence-corrected chi connectivity index (χ2v) is 5.69. The van der Waals surface area contributed by atoms with Gasteiger partial charge in [0.05, 0.1) is 10.7 Å². The number of hydrogen-bond acceptors (Lipinski definition) is 5. The Labute approximate surface area is 105 Å². The van der Waals surface area contributed by atoms with Gasteiger partial charge in [-0.2, -0.15) is 0 Å². The van der Waals surface area contributed by atoms with Gasteiger partial charge in [-0.1, -0.05) is 12.1 Å². The molecule has 1 atom stereocenters. The van der Waals surface area contributed by atoms with Crippen molar-refractivity contribution in [2.24, 2.45) is 5.73 Å². The van der Waals surface area contributed by atoms with Crippen LogP contribution in [0.15, 0.2) is 24.3 Å². The van der Waals surface area contributed by atoms with Crippen molar-refractivity contribution in [1.82, 2.24) is 4.72 Å². The molecule has 0 spiro atoms. The molecule has 0 aliphatic rings. The van der Waals surface area contributed by atoms with Crippen molar-refractivity contribution < 1.29 is 13.3 Å². The van der Waals surface area contributed by atoms with E-state index >= 15 is 0 Å². The topological polar surface area (TPSA) is 115 Å². The lowest BCUT2D eigenvalue weighted by Gasteiger charge is -2.11. The van der Waals surface area contributed by atoms with Crippen molar-refractivity contribution in [3.63, 3.8) is 0 Å². The molecule has 3 N–H and O–H groups in total. The van der Waals surface area contributed by atoms with Gasteiger partial charge < -0.3 is 5.73 Å². The molecule has 1 rings (SSSR count). The summed E-state index contributed by atoms with van der Waals surface area (Å²) >= 11 is 0. The van der Waals surface area contributed by atoms with Crippen LogP contribution in [0.3, 0.4) is 0 Å². The number of sulfonamides is 1. The van der Waals surface area contributed by atoms with E-state index in [1.807, 2.05) is 0 Å². The van der Waals surface area contributed by atoms with E-state index in [1.165, 1.54) is 24.3 Å². The fraction of sp³-hybridized carbons (Fsp3) is 0.400. The van der Waals surface area contributed by atoms with E-state index in [1.54, 1.807) is 6.92 Å². The lowest BCUT2D eigenvalue weighted by molar-refractivity contribution is -0.384. The van der Waals surface area contributed by atoms with Crippen molar-refractivity contribution in [3.05, 3.63) is 39.9 Å². The fourth-order valence-corrected chi connectivity index (χ4v) is 2.75. The van der Waals surface area contributed by atoms with E-state index in [9.17, 15) is 18.5 Å². The number of nitro groups is 1. The molecule has 0 bridgehead atoms. The Morgan fingerprint density at radius 1 is 1.39 bits per heavy atom. The first-order valence-electron chi connectivity index (χ1n) is 5.27. The molecule has 0 aliphatic heterocycles. The molecule has 7 nitrogen and oxygen atoms in total. The van der Waals surface area contributed by atoms with Crippen LogP contribution in [0.25, 0.3) is 0 Å². The summed E-state index contributed by atoms with van der Waals surface area (Å²) in [4.78, 5) is 9.91. The Bertz CT molecular complexity index is 512. The zero-order valence-corrected chi connectivity index (χ0v) is 10.7. The minimum atomic E-state index is -3.48. The second-order valence-electron chi connectivity index (χ2n) is 3.94. The molecule has 1 aromatic carbocycles. The van der Waals surface area contributed by atoms with Crippen molar-refractivity contribution in [2.45, 2.75) is 18.7 Å². The molecular weight excluding hydrogens is 258 g/mol. The van der Waals surface area contributed by atoms with Crippen LogP contribution in [0.4, 0.5) is 5.69 Å². The Morgan fingerprint density at radius 3 is 2.39 bits per heavy atom. The number of hydrogen-bond donors (Lipinski definition) is 2. The van der Waals surface area contributed by atoms with Crippen molar-refractivity contribution >= 4 is 15.7 Å². The van der Waals surface area contributed by atoms with Gasteiger partial charge in [-0.05, 0) is 12.5 Å². The molecule has 0 fully saturated rings. The fourth-order valence-electron chi connectivity index (χ4n) is 1.33. The second kappa shape index (κ2) is 5.89. The van der Waals surface area contributed by atoms with E-state index in [-0.39, 0.29) is 24.0 Å².